The average Bonchev–Trinajstić information content (AvgIpc) is 2.32. The van der Waals surface area contributed by atoms with Crippen LogP contribution in [0.1, 0.15) is 0 Å². The first kappa shape index (κ1) is 13.2. The first-order chi connectivity index (χ1) is 8.87. The van der Waals surface area contributed by atoms with Gasteiger partial charge in [0.2, 0.25) is 0 Å². The molecule has 2 nitrogen and oxygen atoms in total. The van der Waals surface area contributed by atoms with Gasteiger partial charge in [0.15, 0.2) is 5.82 Å². The lowest BCUT2D eigenvalue weighted by atomic mass is 10.0. The predicted octanol–water partition coefficient (Wildman–Crippen LogP) is 3.97. The van der Waals surface area contributed by atoms with Gasteiger partial charge in [-0.15, -0.1) is 13.2 Å². The van der Waals surface area contributed by atoms with E-state index in [-0.39, 0.29) is 17.0 Å². The molecule has 0 radical (unpaired) electrons. The second-order valence-electron chi connectivity index (χ2n) is 3.78. The summed E-state index contributed by atoms with van der Waals surface area (Å²) in [4.78, 5) is 0. The minimum absolute atomic E-state index is 0.0203. The van der Waals surface area contributed by atoms with Gasteiger partial charge in [-0.1, -0.05) is 24.3 Å². The summed E-state index contributed by atoms with van der Waals surface area (Å²) < 4.78 is 53.4. The number of anilines is 1. The number of hydrogen-bond acceptors (Lipinski definition) is 2. The molecule has 0 spiro atoms. The molecule has 0 fully saturated rings. The van der Waals surface area contributed by atoms with Crippen LogP contribution >= 0.6 is 0 Å². The molecule has 0 bridgehead atoms. The highest BCUT2D eigenvalue weighted by molar-refractivity contribution is 5.68. The van der Waals surface area contributed by atoms with Crippen molar-refractivity contribution in [2.45, 2.75) is 6.36 Å². The Bertz CT molecular complexity index is 578. The molecule has 0 saturated carbocycles. The number of benzene rings is 2. The Morgan fingerprint density at radius 3 is 2.16 bits per heavy atom. The molecule has 100 valence electrons. The predicted molar refractivity (Wildman–Crippen MR) is 62.9 cm³/mol. The summed E-state index contributed by atoms with van der Waals surface area (Å²) in [6, 6.07) is 9.36. The van der Waals surface area contributed by atoms with E-state index in [0.29, 0.717) is 5.56 Å². The maximum atomic E-state index is 13.7. The van der Waals surface area contributed by atoms with Gasteiger partial charge in [-0.05, 0) is 23.8 Å². The lowest BCUT2D eigenvalue weighted by Crippen LogP contribution is -2.16. The monoisotopic (exact) mass is 271 g/mol. The topological polar surface area (TPSA) is 35.2 Å². The number of hydrogen-bond donors (Lipinski definition) is 1. The number of halogens is 4. The summed E-state index contributed by atoms with van der Waals surface area (Å²) in [5.74, 6) is -0.965. The van der Waals surface area contributed by atoms with Crippen molar-refractivity contribution in [3.8, 4) is 16.9 Å². The number of nitrogens with two attached hydrogens (primary N) is 1. The highest BCUT2D eigenvalue weighted by atomic mass is 19.4. The molecule has 2 N–H and O–H groups in total. The quantitative estimate of drug-likeness (QED) is 0.662. The number of nitrogen functional groups attached to an aromatic ring is 1. The lowest BCUT2D eigenvalue weighted by Gasteiger charge is -2.10. The smallest absolute Gasteiger partial charge is 0.406 e. The lowest BCUT2D eigenvalue weighted by molar-refractivity contribution is -0.274. The summed E-state index contributed by atoms with van der Waals surface area (Å²) in [5, 5.41) is 0. The van der Waals surface area contributed by atoms with Crippen LogP contribution in [0.3, 0.4) is 0 Å². The molecule has 0 heterocycles. The van der Waals surface area contributed by atoms with E-state index in [0.717, 1.165) is 12.1 Å². The molecule has 0 aliphatic heterocycles. The highest BCUT2D eigenvalue weighted by Gasteiger charge is 2.30. The fraction of sp³-hybridized carbons (Fsp3) is 0.0769. The Morgan fingerprint density at radius 2 is 1.58 bits per heavy atom. The number of alkyl halides is 3. The van der Waals surface area contributed by atoms with E-state index in [4.69, 9.17) is 5.73 Å². The zero-order valence-corrected chi connectivity index (χ0v) is 9.54. The number of ether oxygens (including phenoxy) is 1. The van der Waals surface area contributed by atoms with Gasteiger partial charge in [-0.3, -0.25) is 0 Å². The van der Waals surface area contributed by atoms with Gasteiger partial charge in [0.25, 0.3) is 0 Å². The maximum absolute atomic E-state index is 13.7. The van der Waals surface area contributed by atoms with Crippen molar-refractivity contribution in [1.82, 2.24) is 0 Å². The third kappa shape index (κ3) is 3.15. The fourth-order valence-corrected chi connectivity index (χ4v) is 1.61. The van der Waals surface area contributed by atoms with Gasteiger partial charge in [0, 0.05) is 5.56 Å². The van der Waals surface area contributed by atoms with Crippen molar-refractivity contribution >= 4 is 5.69 Å². The molecule has 2 aromatic rings. The Balaban J connectivity index is 2.30. The molecule has 0 aliphatic carbocycles. The SMILES string of the molecule is Nc1cccc(-c2ccc(OC(F)(F)F)cc2)c1F. The van der Waals surface area contributed by atoms with E-state index in [1.807, 2.05) is 0 Å². The molecule has 0 aliphatic rings. The van der Waals surface area contributed by atoms with Crippen molar-refractivity contribution in [3.05, 3.63) is 48.3 Å². The molecule has 0 atom stereocenters. The zero-order valence-electron chi connectivity index (χ0n) is 9.54. The fourth-order valence-electron chi connectivity index (χ4n) is 1.61. The first-order valence-electron chi connectivity index (χ1n) is 5.27. The standard InChI is InChI=1S/C13H9F4NO/c14-12-10(2-1-3-11(12)18)8-4-6-9(7-5-8)19-13(15,16)17/h1-7H,18H2. The summed E-state index contributed by atoms with van der Waals surface area (Å²) >= 11 is 0. The van der Waals surface area contributed by atoms with Crippen molar-refractivity contribution in [2.75, 3.05) is 5.73 Å². The summed E-state index contributed by atoms with van der Waals surface area (Å²) in [7, 11) is 0. The van der Waals surface area contributed by atoms with E-state index >= 15 is 0 Å². The molecule has 0 saturated heterocycles. The molecule has 6 heteroatoms. The van der Waals surface area contributed by atoms with Crippen LogP contribution in [-0.4, -0.2) is 6.36 Å². The minimum Gasteiger partial charge on any atom is -0.406 e. The van der Waals surface area contributed by atoms with Gasteiger partial charge in [0.05, 0.1) is 5.69 Å². The van der Waals surface area contributed by atoms with E-state index < -0.39 is 12.2 Å². The average molecular weight is 271 g/mol. The first-order valence-corrected chi connectivity index (χ1v) is 5.27. The summed E-state index contributed by atoms with van der Waals surface area (Å²) in [6.07, 6.45) is -4.75. The van der Waals surface area contributed by atoms with E-state index in [9.17, 15) is 17.6 Å². The van der Waals surface area contributed by atoms with Crippen LogP contribution in [-0.2, 0) is 0 Å². The van der Waals surface area contributed by atoms with Gasteiger partial charge in [-0.2, -0.15) is 0 Å². The van der Waals surface area contributed by atoms with Crippen LogP contribution in [0.15, 0.2) is 42.5 Å². The van der Waals surface area contributed by atoms with Crippen LogP contribution in [0, 0.1) is 5.82 Å². The molecular formula is C13H9F4NO. The van der Waals surface area contributed by atoms with E-state index in [2.05, 4.69) is 4.74 Å². The number of rotatable bonds is 2. The van der Waals surface area contributed by atoms with Crippen LogP contribution in [0.4, 0.5) is 23.2 Å². The van der Waals surface area contributed by atoms with Crippen LogP contribution in [0.2, 0.25) is 0 Å². The molecule has 2 aromatic carbocycles. The molecule has 19 heavy (non-hydrogen) atoms. The van der Waals surface area contributed by atoms with Crippen LogP contribution in [0.5, 0.6) is 5.75 Å². The van der Waals surface area contributed by atoms with Crippen molar-refractivity contribution < 1.29 is 22.3 Å². The van der Waals surface area contributed by atoms with Gasteiger partial charge in [-0.25, -0.2) is 4.39 Å². The second kappa shape index (κ2) is 4.79. The van der Waals surface area contributed by atoms with Crippen molar-refractivity contribution in [1.29, 1.82) is 0 Å². The Kier molecular flexibility index (Phi) is 3.33. The Morgan fingerprint density at radius 1 is 0.947 bits per heavy atom. The van der Waals surface area contributed by atoms with Gasteiger partial charge >= 0.3 is 6.36 Å². The zero-order chi connectivity index (χ0) is 14.0. The third-order valence-corrected chi connectivity index (χ3v) is 2.43. The molecule has 2 rings (SSSR count). The van der Waals surface area contributed by atoms with Crippen molar-refractivity contribution in [3.63, 3.8) is 0 Å². The normalized spacial score (nSPS) is 11.4. The molecule has 0 unspecified atom stereocenters. The van der Waals surface area contributed by atoms with E-state index in [1.54, 1.807) is 6.07 Å². The summed E-state index contributed by atoms with van der Waals surface area (Å²) in [6.45, 7) is 0. The van der Waals surface area contributed by atoms with Crippen LogP contribution in [0.25, 0.3) is 11.1 Å². The summed E-state index contributed by atoms with van der Waals surface area (Å²) in [5.41, 5.74) is 6.04. The second-order valence-corrected chi connectivity index (χ2v) is 3.78. The largest absolute Gasteiger partial charge is 0.573 e. The van der Waals surface area contributed by atoms with Gasteiger partial charge in [0.1, 0.15) is 5.75 Å². The molecule has 0 amide bonds. The Labute approximate surface area is 106 Å². The van der Waals surface area contributed by atoms with E-state index in [1.165, 1.54) is 24.3 Å². The minimum atomic E-state index is -4.75. The highest BCUT2D eigenvalue weighted by Crippen LogP contribution is 2.29. The van der Waals surface area contributed by atoms with Gasteiger partial charge < -0.3 is 10.5 Å². The van der Waals surface area contributed by atoms with Crippen molar-refractivity contribution in [2.24, 2.45) is 0 Å². The molecule has 0 aromatic heterocycles. The van der Waals surface area contributed by atoms with Crippen LogP contribution < -0.4 is 10.5 Å². The third-order valence-electron chi connectivity index (χ3n) is 2.43. The molecular weight excluding hydrogens is 262 g/mol. The Hall–Kier alpha value is -2.24. The maximum Gasteiger partial charge on any atom is 0.573 e.